The van der Waals surface area contributed by atoms with E-state index in [1.165, 1.54) is 24.1 Å². The summed E-state index contributed by atoms with van der Waals surface area (Å²) in [6, 6.07) is 13.6. The molecule has 2 heterocycles. The van der Waals surface area contributed by atoms with E-state index in [1.807, 2.05) is 12.1 Å². The Morgan fingerprint density at radius 2 is 1.73 bits per heavy atom. The van der Waals surface area contributed by atoms with Gasteiger partial charge in [0.25, 0.3) is 0 Å². The van der Waals surface area contributed by atoms with Crippen molar-refractivity contribution < 1.29 is 22.6 Å². The molecule has 178 valence electrons. The van der Waals surface area contributed by atoms with E-state index >= 15 is 0 Å². The summed E-state index contributed by atoms with van der Waals surface area (Å²) < 4.78 is 50.6. The number of benzene rings is 2. The summed E-state index contributed by atoms with van der Waals surface area (Å²) in [6.45, 7) is 3.11. The first-order chi connectivity index (χ1) is 15.8. The zero-order chi connectivity index (χ0) is 23.1. The van der Waals surface area contributed by atoms with Gasteiger partial charge in [0.2, 0.25) is 0 Å². The van der Waals surface area contributed by atoms with Crippen molar-refractivity contribution in [3.05, 3.63) is 64.7 Å². The first-order valence-electron chi connectivity index (χ1n) is 11.8. The molecule has 0 amide bonds. The number of piperidine rings is 1. The predicted octanol–water partition coefficient (Wildman–Crippen LogP) is 6.34. The van der Waals surface area contributed by atoms with Crippen molar-refractivity contribution in [1.82, 2.24) is 4.90 Å². The standard InChI is InChI=1S/C26H29ClF3NO2/c27-21-7-3-19(4-8-21)25(12-1-13-25)24-15-31-14-18(2-9-22(31)17-33-24)16-32-23-10-5-20(6-11-23)26(28,29)30/h3-8,10-11,18,22,24H,1-2,9,12-17H2/t18-,22+,24+/m1/s1. The Hall–Kier alpha value is -1.76. The van der Waals surface area contributed by atoms with Crippen molar-refractivity contribution >= 4 is 11.6 Å². The molecule has 0 bridgehead atoms. The first-order valence-corrected chi connectivity index (χ1v) is 12.1. The minimum absolute atomic E-state index is 0.0687. The van der Waals surface area contributed by atoms with Gasteiger partial charge in [-0.1, -0.05) is 30.2 Å². The molecule has 33 heavy (non-hydrogen) atoms. The maximum Gasteiger partial charge on any atom is 0.416 e. The molecule has 3 aliphatic rings. The van der Waals surface area contributed by atoms with Gasteiger partial charge >= 0.3 is 6.18 Å². The van der Waals surface area contributed by atoms with Crippen LogP contribution < -0.4 is 4.74 Å². The summed E-state index contributed by atoms with van der Waals surface area (Å²) in [5.74, 6) is 0.844. The number of nitrogens with zero attached hydrogens (tertiary/aromatic N) is 1. The zero-order valence-corrected chi connectivity index (χ0v) is 19.2. The van der Waals surface area contributed by atoms with Gasteiger partial charge < -0.3 is 9.47 Å². The minimum Gasteiger partial charge on any atom is -0.493 e. The maximum absolute atomic E-state index is 12.8. The lowest BCUT2D eigenvalue weighted by Gasteiger charge is -2.54. The van der Waals surface area contributed by atoms with Crippen molar-refractivity contribution in [2.75, 3.05) is 26.3 Å². The number of fused-ring (bicyclic) bond motifs is 1. The van der Waals surface area contributed by atoms with Crippen LogP contribution in [0, 0.1) is 5.92 Å². The van der Waals surface area contributed by atoms with Gasteiger partial charge in [0.05, 0.1) is 24.9 Å². The third-order valence-electron chi connectivity index (χ3n) is 7.76. The van der Waals surface area contributed by atoms with Crippen LogP contribution in [0.15, 0.2) is 48.5 Å². The van der Waals surface area contributed by atoms with Crippen LogP contribution in [-0.2, 0) is 16.3 Å². The second-order valence-corrected chi connectivity index (χ2v) is 10.2. The molecule has 3 fully saturated rings. The third kappa shape index (κ3) is 4.75. The Labute approximate surface area is 197 Å². The largest absolute Gasteiger partial charge is 0.493 e. The van der Waals surface area contributed by atoms with Crippen LogP contribution in [-0.4, -0.2) is 43.3 Å². The number of alkyl halides is 3. The highest BCUT2D eigenvalue weighted by Crippen LogP contribution is 2.49. The predicted molar refractivity (Wildman–Crippen MR) is 122 cm³/mol. The number of halogens is 4. The lowest BCUT2D eigenvalue weighted by atomic mass is 9.60. The summed E-state index contributed by atoms with van der Waals surface area (Å²) >= 11 is 6.12. The molecule has 1 saturated carbocycles. The summed E-state index contributed by atoms with van der Waals surface area (Å²) in [7, 11) is 0. The smallest absolute Gasteiger partial charge is 0.416 e. The van der Waals surface area contributed by atoms with Gasteiger partial charge in [0.1, 0.15) is 5.75 Å². The van der Waals surface area contributed by atoms with Crippen LogP contribution in [0.1, 0.15) is 43.2 Å². The molecule has 2 aliphatic heterocycles. The van der Waals surface area contributed by atoms with E-state index in [2.05, 4.69) is 17.0 Å². The summed E-state index contributed by atoms with van der Waals surface area (Å²) in [5, 5.41) is 0.754. The Morgan fingerprint density at radius 3 is 2.36 bits per heavy atom. The molecule has 2 saturated heterocycles. The molecule has 1 aliphatic carbocycles. The highest BCUT2D eigenvalue weighted by Gasteiger charge is 2.49. The van der Waals surface area contributed by atoms with Crippen LogP contribution in [0.25, 0.3) is 0 Å². The van der Waals surface area contributed by atoms with Gasteiger partial charge in [-0.05, 0) is 67.6 Å². The summed E-state index contributed by atoms with van der Waals surface area (Å²) in [4.78, 5) is 2.55. The summed E-state index contributed by atoms with van der Waals surface area (Å²) in [5.41, 5.74) is 0.736. The van der Waals surface area contributed by atoms with Gasteiger partial charge in [-0.15, -0.1) is 0 Å². The average Bonchev–Trinajstić information content (AvgIpc) is 2.77. The molecule has 3 atom stereocenters. The van der Waals surface area contributed by atoms with Gasteiger partial charge in [-0.3, -0.25) is 4.90 Å². The van der Waals surface area contributed by atoms with Crippen LogP contribution in [0.2, 0.25) is 5.02 Å². The van der Waals surface area contributed by atoms with Crippen molar-refractivity contribution in [1.29, 1.82) is 0 Å². The number of ether oxygens (including phenoxy) is 2. The van der Waals surface area contributed by atoms with Crippen LogP contribution >= 0.6 is 11.6 Å². The fourth-order valence-electron chi connectivity index (χ4n) is 5.65. The Kier molecular flexibility index (Phi) is 6.36. The second kappa shape index (κ2) is 9.12. The minimum atomic E-state index is -4.33. The number of rotatable bonds is 5. The molecular weight excluding hydrogens is 451 g/mol. The van der Waals surface area contributed by atoms with Gasteiger partial charge in [0, 0.05) is 35.5 Å². The van der Waals surface area contributed by atoms with E-state index in [4.69, 9.17) is 21.1 Å². The van der Waals surface area contributed by atoms with Gasteiger partial charge in [-0.25, -0.2) is 0 Å². The molecule has 5 rings (SSSR count). The van der Waals surface area contributed by atoms with E-state index in [1.54, 1.807) is 0 Å². The normalized spacial score (nSPS) is 27.5. The van der Waals surface area contributed by atoms with Crippen molar-refractivity contribution in [2.45, 2.75) is 55.8 Å². The number of hydrogen-bond acceptors (Lipinski definition) is 3. The number of morpholine rings is 1. The lowest BCUT2D eigenvalue weighted by Crippen LogP contribution is -2.61. The van der Waals surface area contributed by atoms with E-state index in [-0.39, 0.29) is 11.5 Å². The molecule has 0 aromatic heterocycles. The molecule has 7 heteroatoms. The molecule has 0 unspecified atom stereocenters. The molecular formula is C26H29ClF3NO2. The Bertz CT molecular complexity index is 944. The fraction of sp³-hybridized carbons (Fsp3) is 0.538. The first kappa shape index (κ1) is 23.0. The SMILES string of the molecule is FC(F)(F)c1ccc(OC[C@@H]2CC[C@H]3CO[C@H](C4(c5ccc(Cl)cc5)CCC4)CN3C2)cc1. The molecule has 2 aromatic rings. The average molecular weight is 480 g/mol. The van der Waals surface area contributed by atoms with Crippen LogP contribution in [0.5, 0.6) is 5.75 Å². The van der Waals surface area contributed by atoms with Crippen molar-refractivity contribution in [3.63, 3.8) is 0 Å². The van der Waals surface area contributed by atoms with E-state index in [9.17, 15) is 13.2 Å². The van der Waals surface area contributed by atoms with E-state index in [0.717, 1.165) is 62.5 Å². The Balaban J connectivity index is 1.20. The third-order valence-corrected chi connectivity index (χ3v) is 8.01. The topological polar surface area (TPSA) is 21.7 Å². The van der Waals surface area contributed by atoms with Crippen LogP contribution in [0.4, 0.5) is 13.2 Å². The number of hydrogen-bond donors (Lipinski definition) is 0. The van der Waals surface area contributed by atoms with Crippen molar-refractivity contribution in [3.8, 4) is 5.75 Å². The highest BCUT2D eigenvalue weighted by atomic mass is 35.5. The maximum atomic E-state index is 12.8. The quantitative estimate of drug-likeness (QED) is 0.499. The monoisotopic (exact) mass is 479 g/mol. The molecule has 0 N–H and O–H groups in total. The molecule has 3 nitrogen and oxygen atoms in total. The zero-order valence-electron chi connectivity index (χ0n) is 18.5. The highest BCUT2D eigenvalue weighted by molar-refractivity contribution is 6.30. The summed E-state index contributed by atoms with van der Waals surface area (Å²) in [6.07, 6.45) is 1.43. The van der Waals surface area contributed by atoms with Crippen molar-refractivity contribution in [2.24, 2.45) is 5.92 Å². The van der Waals surface area contributed by atoms with Gasteiger partial charge in [-0.2, -0.15) is 13.2 Å². The lowest BCUT2D eigenvalue weighted by molar-refractivity contribution is -0.137. The molecule has 0 spiro atoms. The molecule has 0 radical (unpaired) electrons. The van der Waals surface area contributed by atoms with Gasteiger partial charge in [0.15, 0.2) is 0 Å². The fourth-order valence-corrected chi connectivity index (χ4v) is 5.77. The molecule has 2 aromatic carbocycles. The van der Waals surface area contributed by atoms with E-state index < -0.39 is 11.7 Å². The second-order valence-electron chi connectivity index (χ2n) is 9.72. The van der Waals surface area contributed by atoms with E-state index in [0.29, 0.717) is 24.3 Å². The Morgan fingerprint density at radius 1 is 1.00 bits per heavy atom. The van der Waals surface area contributed by atoms with Crippen LogP contribution in [0.3, 0.4) is 0 Å².